The van der Waals surface area contributed by atoms with Crippen LogP contribution in [0.2, 0.25) is 0 Å². The Balaban J connectivity index is 3.66. The van der Waals surface area contributed by atoms with Crippen molar-refractivity contribution in [3.8, 4) is 0 Å². The summed E-state index contributed by atoms with van der Waals surface area (Å²) in [7, 11) is 0. The molecule has 0 saturated heterocycles. The highest BCUT2D eigenvalue weighted by Crippen LogP contribution is 1.83. The third kappa shape index (κ3) is 4.46. The fourth-order valence-electron chi connectivity index (χ4n) is 0.629. The second-order valence-corrected chi connectivity index (χ2v) is 2.12. The van der Waals surface area contributed by atoms with Crippen LogP contribution in [0.15, 0.2) is 0 Å². The zero-order valence-corrected chi connectivity index (χ0v) is 6.14. The molecule has 5 heteroatoms. The third-order valence-corrected chi connectivity index (χ3v) is 1.16. The maximum absolute atomic E-state index is 10.2. The molecule has 0 aliphatic heterocycles. The molecule has 1 unspecified atom stereocenters. The highest BCUT2D eigenvalue weighted by atomic mass is 16.3. The Hall–Kier alpha value is -0.940. The Labute approximate surface area is 64.8 Å². The van der Waals surface area contributed by atoms with Crippen LogP contribution in [0.3, 0.4) is 0 Å². The molecule has 1 amide bonds. The van der Waals surface area contributed by atoms with Crippen LogP contribution in [0.5, 0.6) is 0 Å². The number of aliphatic hydroxyl groups excluding tert-OH is 1. The van der Waals surface area contributed by atoms with Gasteiger partial charge in [0.15, 0.2) is 0 Å². The summed E-state index contributed by atoms with van der Waals surface area (Å²) >= 11 is 0. The molecule has 1 atom stereocenters. The van der Waals surface area contributed by atoms with Crippen molar-refractivity contribution in [1.82, 2.24) is 4.90 Å². The van der Waals surface area contributed by atoms with Crippen molar-refractivity contribution >= 4 is 12.7 Å². The summed E-state index contributed by atoms with van der Waals surface area (Å²) in [6, 6.07) is -0.660. The van der Waals surface area contributed by atoms with Crippen LogP contribution in [0.25, 0.3) is 0 Å². The van der Waals surface area contributed by atoms with Crippen LogP contribution in [0, 0.1) is 0 Å². The van der Waals surface area contributed by atoms with Gasteiger partial charge in [-0.05, 0) is 0 Å². The van der Waals surface area contributed by atoms with Gasteiger partial charge in [0.25, 0.3) is 0 Å². The number of aldehydes is 1. The lowest BCUT2D eigenvalue weighted by Gasteiger charge is -2.16. The first kappa shape index (κ1) is 10.1. The zero-order chi connectivity index (χ0) is 8.69. The van der Waals surface area contributed by atoms with Crippen LogP contribution in [0.4, 0.5) is 0 Å². The van der Waals surface area contributed by atoms with Crippen molar-refractivity contribution in [1.29, 1.82) is 0 Å². The molecule has 0 fully saturated rings. The molecule has 0 bridgehead atoms. The number of aliphatic hydroxyl groups is 1. The second-order valence-electron chi connectivity index (χ2n) is 2.12. The molecule has 11 heavy (non-hydrogen) atoms. The molecular weight excluding hydrogens is 148 g/mol. The van der Waals surface area contributed by atoms with Gasteiger partial charge in [0.05, 0.1) is 12.6 Å². The van der Waals surface area contributed by atoms with Gasteiger partial charge in [-0.25, -0.2) is 0 Å². The number of carbonyl (C=O) groups is 2. The van der Waals surface area contributed by atoms with Gasteiger partial charge in [-0.3, -0.25) is 4.79 Å². The van der Waals surface area contributed by atoms with E-state index in [1.165, 1.54) is 4.90 Å². The maximum atomic E-state index is 10.2. The van der Waals surface area contributed by atoms with E-state index in [0.717, 1.165) is 0 Å². The minimum Gasteiger partial charge on any atom is -0.395 e. The van der Waals surface area contributed by atoms with E-state index in [9.17, 15) is 9.59 Å². The quantitative estimate of drug-likeness (QED) is 0.439. The molecule has 3 N–H and O–H groups in total. The summed E-state index contributed by atoms with van der Waals surface area (Å²) in [6.45, 7) is 0.253. The number of hydrogen-bond acceptors (Lipinski definition) is 4. The summed E-state index contributed by atoms with van der Waals surface area (Å²) in [6.07, 6.45) is 1.12. The number of nitrogens with zero attached hydrogens (tertiary/aromatic N) is 1. The molecule has 0 aromatic carbocycles. The Morgan fingerprint density at radius 2 is 2.18 bits per heavy atom. The summed E-state index contributed by atoms with van der Waals surface area (Å²) in [5.41, 5.74) is 5.23. The second kappa shape index (κ2) is 5.82. The average Bonchev–Trinajstić information content (AvgIpc) is 2.03. The molecule has 0 aliphatic rings. The molecular formula is C6H12N2O3. The smallest absolute Gasteiger partial charge is 0.209 e. The van der Waals surface area contributed by atoms with Crippen molar-refractivity contribution in [2.45, 2.75) is 6.04 Å². The van der Waals surface area contributed by atoms with Gasteiger partial charge in [-0.2, -0.15) is 0 Å². The SMILES string of the molecule is NC(C=O)CN(C=O)CCO. The van der Waals surface area contributed by atoms with Crippen LogP contribution < -0.4 is 5.73 Å². The molecule has 0 saturated carbocycles. The van der Waals surface area contributed by atoms with E-state index in [-0.39, 0.29) is 19.7 Å². The van der Waals surface area contributed by atoms with Crippen molar-refractivity contribution in [2.24, 2.45) is 5.73 Å². The van der Waals surface area contributed by atoms with Gasteiger partial charge >= 0.3 is 0 Å². The number of rotatable bonds is 6. The average molecular weight is 160 g/mol. The molecule has 0 aromatic heterocycles. The molecule has 0 spiro atoms. The predicted octanol–water partition coefficient (Wildman–Crippen LogP) is -2.04. The third-order valence-electron chi connectivity index (χ3n) is 1.16. The number of hydrogen-bond donors (Lipinski definition) is 2. The van der Waals surface area contributed by atoms with Crippen LogP contribution in [-0.2, 0) is 9.59 Å². The number of nitrogens with two attached hydrogens (primary N) is 1. The van der Waals surface area contributed by atoms with Gasteiger partial charge in [-0.15, -0.1) is 0 Å². The van der Waals surface area contributed by atoms with Crippen molar-refractivity contribution in [2.75, 3.05) is 19.7 Å². The molecule has 0 heterocycles. The van der Waals surface area contributed by atoms with Gasteiger partial charge in [0, 0.05) is 13.1 Å². The van der Waals surface area contributed by atoms with E-state index in [2.05, 4.69) is 0 Å². The van der Waals surface area contributed by atoms with Crippen LogP contribution >= 0.6 is 0 Å². The van der Waals surface area contributed by atoms with Gasteiger partial charge in [-0.1, -0.05) is 0 Å². The van der Waals surface area contributed by atoms with E-state index in [0.29, 0.717) is 12.7 Å². The Kier molecular flexibility index (Phi) is 5.32. The molecule has 0 aliphatic carbocycles. The molecule has 64 valence electrons. The van der Waals surface area contributed by atoms with E-state index in [4.69, 9.17) is 10.8 Å². The summed E-state index contributed by atoms with van der Waals surface area (Å²) < 4.78 is 0. The fourth-order valence-corrected chi connectivity index (χ4v) is 0.629. The Morgan fingerprint density at radius 1 is 1.55 bits per heavy atom. The first-order valence-electron chi connectivity index (χ1n) is 3.25. The zero-order valence-electron chi connectivity index (χ0n) is 6.14. The largest absolute Gasteiger partial charge is 0.395 e. The first-order valence-corrected chi connectivity index (χ1v) is 3.25. The Bertz CT molecular complexity index is 129. The van der Waals surface area contributed by atoms with Crippen LogP contribution in [-0.4, -0.2) is 48.4 Å². The highest BCUT2D eigenvalue weighted by Gasteiger charge is 2.05. The lowest BCUT2D eigenvalue weighted by molar-refractivity contribution is -0.119. The summed E-state index contributed by atoms with van der Waals surface area (Å²) in [5, 5.41) is 8.42. The lowest BCUT2D eigenvalue weighted by atomic mass is 10.3. The highest BCUT2D eigenvalue weighted by molar-refractivity contribution is 5.58. The van der Waals surface area contributed by atoms with E-state index in [1.807, 2.05) is 0 Å². The minimum atomic E-state index is -0.660. The Morgan fingerprint density at radius 3 is 2.55 bits per heavy atom. The van der Waals surface area contributed by atoms with E-state index < -0.39 is 6.04 Å². The predicted molar refractivity (Wildman–Crippen MR) is 38.8 cm³/mol. The molecule has 0 radical (unpaired) electrons. The fraction of sp³-hybridized carbons (Fsp3) is 0.667. The molecule has 5 nitrogen and oxygen atoms in total. The van der Waals surface area contributed by atoms with Crippen LogP contribution in [0.1, 0.15) is 0 Å². The number of amides is 1. The molecule has 0 aromatic rings. The summed E-state index contributed by atoms with van der Waals surface area (Å²) in [4.78, 5) is 21.5. The standard InChI is InChI=1S/C6H12N2O3/c7-6(4-10)3-8(5-11)1-2-9/h4-6,9H,1-3,7H2. The van der Waals surface area contributed by atoms with Gasteiger partial charge in [0.1, 0.15) is 6.29 Å². The first-order chi connectivity index (χ1) is 5.24. The van der Waals surface area contributed by atoms with Gasteiger partial charge < -0.3 is 20.5 Å². The van der Waals surface area contributed by atoms with Crippen molar-refractivity contribution < 1.29 is 14.7 Å². The normalized spacial score (nSPS) is 12.2. The minimum absolute atomic E-state index is 0.121. The molecule has 0 rings (SSSR count). The van der Waals surface area contributed by atoms with E-state index in [1.54, 1.807) is 0 Å². The van der Waals surface area contributed by atoms with Gasteiger partial charge in [0.2, 0.25) is 6.41 Å². The number of carbonyl (C=O) groups excluding carboxylic acids is 2. The monoisotopic (exact) mass is 160 g/mol. The topological polar surface area (TPSA) is 83.6 Å². The van der Waals surface area contributed by atoms with Crippen molar-refractivity contribution in [3.05, 3.63) is 0 Å². The lowest BCUT2D eigenvalue weighted by Crippen LogP contribution is -2.39. The maximum Gasteiger partial charge on any atom is 0.209 e. The van der Waals surface area contributed by atoms with E-state index >= 15 is 0 Å². The van der Waals surface area contributed by atoms with Crippen molar-refractivity contribution in [3.63, 3.8) is 0 Å². The summed E-state index contributed by atoms with van der Waals surface area (Å²) in [5.74, 6) is 0.